The second-order valence-corrected chi connectivity index (χ2v) is 5.48. The van der Waals surface area contributed by atoms with Gasteiger partial charge in [0.25, 0.3) is 0 Å². The quantitative estimate of drug-likeness (QED) is 0.827. The molecule has 0 saturated heterocycles. The SMILES string of the molecule is Cc1nc(C#N)c(-c2ccc(C(C)(C)C)cc2)[nH]1. The molecule has 0 atom stereocenters. The summed E-state index contributed by atoms with van der Waals surface area (Å²) < 4.78 is 0. The third-order valence-electron chi connectivity index (χ3n) is 2.97. The first-order valence-electron chi connectivity index (χ1n) is 5.99. The molecule has 0 bridgehead atoms. The molecule has 0 spiro atoms. The summed E-state index contributed by atoms with van der Waals surface area (Å²) >= 11 is 0. The minimum absolute atomic E-state index is 0.139. The van der Waals surface area contributed by atoms with Gasteiger partial charge in [-0.1, -0.05) is 45.0 Å². The number of aromatic nitrogens is 2. The van der Waals surface area contributed by atoms with Crippen molar-refractivity contribution in [3.05, 3.63) is 41.3 Å². The van der Waals surface area contributed by atoms with Gasteiger partial charge in [0.05, 0.1) is 5.69 Å². The summed E-state index contributed by atoms with van der Waals surface area (Å²) in [5, 5.41) is 9.04. The smallest absolute Gasteiger partial charge is 0.166 e. The van der Waals surface area contributed by atoms with Gasteiger partial charge in [-0.15, -0.1) is 0 Å². The van der Waals surface area contributed by atoms with Gasteiger partial charge in [0, 0.05) is 5.56 Å². The predicted molar refractivity (Wildman–Crippen MR) is 72.2 cm³/mol. The van der Waals surface area contributed by atoms with E-state index in [4.69, 9.17) is 5.26 Å². The molecule has 0 fully saturated rings. The standard InChI is InChI=1S/C15H17N3/c1-10-17-13(9-16)14(18-10)11-5-7-12(8-6-11)15(2,3)4/h5-8H,1-4H3,(H,17,18). The lowest BCUT2D eigenvalue weighted by atomic mass is 9.86. The molecule has 0 unspecified atom stereocenters. The summed E-state index contributed by atoms with van der Waals surface area (Å²) in [6, 6.07) is 10.4. The van der Waals surface area contributed by atoms with Gasteiger partial charge < -0.3 is 4.98 Å². The minimum Gasteiger partial charge on any atom is -0.341 e. The van der Waals surface area contributed by atoms with Crippen LogP contribution in [0.5, 0.6) is 0 Å². The molecule has 1 aromatic carbocycles. The first-order valence-corrected chi connectivity index (χ1v) is 5.99. The fraction of sp³-hybridized carbons (Fsp3) is 0.333. The highest BCUT2D eigenvalue weighted by atomic mass is 14.9. The number of rotatable bonds is 1. The number of H-pyrrole nitrogens is 1. The number of hydrogen-bond acceptors (Lipinski definition) is 2. The highest BCUT2D eigenvalue weighted by Crippen LogP contribution is 2.26. The molecule has 0 aliphatic heterocycles. The van der Waals surface area contributed by atoms with Crippen LogP contribution in [0, 0.1) is 18.3 Å². The van der Waals surface area contributed by atoms with Crippen LogP contribution in [0.3, 0.4) is 0 Å². The number of nitrogens with one attached hydrogen (secondary N) is 1. The summed E-state index contributed by atoms with van der Waals surface area (Å²) in [7, 11) is 0. The van der Waals surface area contributed by atoms with Crippen LogP contribution in [0.1, 0.15) is 37.9 Å². The van der Waals surface area contributed by atoms with Gasteiger partial charge in [-0.25, -0.2) is 4.98 Å². The van der Waals surface area contributed by atoms with E-state index in [0.29, 0.717) is 5.69 Å². The zero-order valence-corrected chi connectivity index (χ0v) is 11.2. The second-order valence-electron chi connectivity index (χ2n) is 5.48. The Labute approximate surface area is 107 Å². The van der Waals surface area contributed by atoms with E-state index in [1.54, 1.807) is 0 Å². The van der Waals surface area contributed by atoms with Crippen LogP contribution in [-0.4, -0.2) is 9.97 Å². The van der Waals surface area contributed by atoms with Gasteiger partial charge in [-0.05, 0) is 17.9 Å². The molecule has 92 valence electrons. The molecule has 3 nitrogen and oxygen atoms in total. The summed E-state index contributed by atoms with van der Waals surface area (Å²) in [6.07, 6.45) is 0. The van der Waals surface area contributed by atoms with E-state index in [9.17, 15) is 0 Å². The van der Waals surface area contributed by atoms with Crippen LogP contribution in [-0.2, 0) is 5.41 Å². The van der Waals surface area contributed by atoms with Gasteiger partial charge in [-0.3, -0.25) is 0 Å². The highest BCUT2D eigenvalue weighted by Gasteiger charge is 2.14. The van der Waals surface area contributed by atoms with Crippen molar-refractivity contribution < 1.29 is 0 Å². The first kappa shape index (κ1) is 12.4. The Bertz CT molecular complexity index is 592. The lowest BCUT2D eigenvalue weighted by Gasteiger charge is -2.19. The van der Waals surface area contributed by atoms with Gasteiger partial charge in [0.2, 0.25) is 0 Å². The Morgan fingerprint density at radius 1 is 1.17 bits per heavy atom. The molecule has 18 heavy (non-hydrogen) atoms. The van der Waals surface area contributed by atoms with Crippen LogP contribution < -0.4 is 0 Å². The fourth-order valence-electron chi connectivity index (χ4n) is 1.92. The number of hydrogen-bond donors (Lipinski definition) is 1. The third-order valence-corrected chi connectivity index (χ3v) is 2.97. The fourth-order valence-corrected chi connectivity index (χ4v) is 1.92. The largest absolute Gasteiger partial charge is 0.341 e. The Kier molecular flexibility index (Phi) is 2.96. The molecular formula is C15H17N3. The number of benzene rings is 1. The zero-order chi connectivity index (χ0) is 13.3. The molecule has 2 aromatic rings. The van der Waals surface area contributed by atoms with Crippen LogP contribution >= 0.6 is 0 Å². The van der Waals surface area contributed by atoms with Gasteiger partial charge in [-0.2, -0.15) is 5.26 Å². The number of nitrogens with zero attached hydrogens (tertiary/aromatic N) is 2. The van der Waals surface area contributed by atoms with Crippen LogP contribution in [0.15, 0.2) is 24.3 Å². The van der Waals surface area contributed by atoms with Crippen molar-refractivity contribution in [1.29, 1.82) is 5.26 Å². The maximum Gasteiger partial charge on any atom is 0.166 e. The van der Waals surface area contributed by atoms with Crippen LogP contribution in [0.4, 0.5) is 0 Å². The molecule has 0 aliphatic rings. The Morgan fingerprint density at radius 3 is 2.28 bits per heavy atom. The van der Waals surface area contributed by atoms with Gasteiger partial charge >= 0.3 is 0 Å². The van der Waals surface area contributed by atoms with Crippen molar-refractivity contribution in [2.45, 2.75) is 33.1 Å². The summed E-state index contributed by atoms with van der Waals surface area (Å²) in [6.45, 7) is 8.41. The third kappa shape index (κ3) is 2.28. The van der Waals surface area contributed by atoms with Crippen molar-refractivity contribution in [3.63, 3.8) is 0 Å². The Hall–Kier alpha value is -2.08. The number of aromatic amines is 1. The highest BCUT2D eigenvalue weighted by molar-refractivity contribution is 5.65. The van der Waals surface area contributed by atoms with Crippen LogP contribution in [0.25, 0.3) is 11.3 Å². The summed E-state index contributed by atoms with van der Waals surface area (Å²) in [5.74, 6) is 0.765. The minimum atomic E-state index is 0.139. The maximum absolute atomic E-state index is 9.04. The van der Waals surface area contributed by atoms with E-state index in [0.717, 1.165) is 17.1 Å². The summed E-state index contributed by atoms with van der Waals surface area (Å²) in [5.41, 5.74) is 3.67. The number of imidazole rings is 1. The second kappa shape index (κ2) is 4.30. The van der Waals surface area contributed by atoms with E-state index >= 15 is 0 Å². The zero-order valence-electron chi connectivity index (χ0n) is 11.2. The molecule has 2 rings (SSSR count). The van der Waals surface area contributed by atoms with E-state index in [1.807, 2.05) is 19.1 Å². The topological polar surface area (TPSA) is 52.5 Å². The van der Waals surface area contributed by atoms with Gasteiger partial charge in [0.15, 0.2) is 5.69 Å². The first-order chi connectivity index (χ1) is 8.41. The molecule has 1 aromatic heterocycles. The lowest BCUT2D eigenvalue weighted by molar-refractivity contribution is 0.590. The van der Waals surface area contributed by atoms with E-state index in [-0.39, 0.29) is 5.41 Å². The Balaban J connectivity index is 2.44. The average Bonchev–Trinajstić information content (AvgIpc) is 2.69. The molecule has 0 radical (unpaired) electrons. The van der Waals surface area contributed by atoms with Crippen molar-refractivity contribution in [3.8, 4) is 17.3 Å². The normalized spacial score (nSPS) is 11.3. The van der Waals surface area contributed by atoms with Crippen molar-refractivity contribution in [1.82, 2.24) is 9.97 Å². The van der Waals surface area contributed by atoms with E-state index in [2.05, 4.69) is 48.9 Å². The number of aryl methyl sites for hydroxylation is 1. The lowest BCUT2D eigenvalue weighted by Crippen LogP contribution is -2.10. The molecule has 3 heteroatoms. The monoisotopic (exact) mass is 239 g/mol. The van der Waals surface area contributed by atoms with E-state index in [1.165, 1.54) is 5.56 Å². The van der Waals surface area contributed by atoms with E-state index < -0.39 is 0 Å². The Morgan fingerprint density at radius 2 is 1.78 bits per heavy atom. The van der Waals surface area contributed by atoms with Gasteiger partial charge in [0.1, 0.15) is 11.9 Å². The molecule has 0 aliphatic carbocycles. The predicted octanol–water partition coefficient (Wildman–Crippen LogP) is 3.55. The number of nitriles is 1. The molecule has 0 amide bonds. The van der Waals surface area contributed by atoms with Crippen molar-refractivity contribution in [2.75, 3.05) is 0 Å². The molecular weight excluding hydrogens is 222 g/mol. The van der Waals surface area contributed by atoms with Crippen molar-refractivity contribution >= 4 is 0 Å². The average molecular weight is 239 g/mol. The molecule has 1 heterocycles. The summed E-state index contributed by atoms with van der Waals surface area (Å²) in [4.78, 5) is 7.30. The van der Waals surface area contributed by atoms with Crippen molar-refractivity contribution in [2.24, 2.45) is 0 Å². The maximum atomic E-state index is 9.04. The van der Waals surface area contributed by atoms with Crippen LogP contribution in [0.2, 0.25) is 0 Å². The molecule has 1 N–H and O–H groups in total. The molecule has 0 saturated carbocycles.